The van der Waals surface area contributed by atoms with Crippen molar-refractivity contribution in [3.8, 4) is 0 Å². The van der Waals surface area contributed by atoms with Gasteiger partial charge in [0, 0.05) is 38.6 Å². The van der Waals surface area contributed by atoms with E-state index < -0.39 is 0 Å². The van der Waals surface area contributed by atoms with Crippen LogP contribution in [-0.4, -0.2) is 70.7 Å². The predicted octanol–water partition coefficient (Wildman–Crippen LogP) is 0.767. The predicted molar refractivity (Wildman–Crippen MR) is 78.9 cm³/mol. The Hall–Kier alpha value is -1.40. The van der Waals surface area contributed by atoms with Gasteiger partial charge in [-0.05, 0) is 19.8 Å². The molecule has 0 aliphatic carbocycles. The Morgan fingerprint density at radius 1 is 1.33 bits per heavy atom. The van der Waals surface area contributed by atoms with Crippen molar-refractivity contribution in [3.63, 3.8) is 0 Å². The maximum absolute atomic E-state index is 12.7. The van der Waals surface area contributed by atoms with Gasteiger partial charge in [-0.2, -0.15) is 0 Å². The van der Waals surface area contributed by atoms with Crippen molar-refractivity contribution < 1.29 is 9.53 Å². The summed E-state index contributed by atoms with van der Waals surface area (Å²) in [5.41, 5.74) is 0. The summed E-state index contributed by atoms with van der Waals surface area (Å²) < 4.78 is 7.49. The fourth-order valence-electron chi connectivity index (χ4n) is 3.27. The zero-order valence-corrected chi connectivity index (χ0v) is 12.6. The quantitative estimate of drug-likeness (QED) is 0.825. The average Bonchev–Trinajstić information content (AvgIpc) is 3.09. The maximum atomic E-state index is 12.7. The summed E-state index contributed by atoms with van der Waals surface area (Å²) in [5.74, 6) is 0.252. The molecule has 3 rings (SSSR count). The Kier molecular flexibility index (Phi) is 4.55. The number of aromatic nitrogens is 2. The van der Waals surface area contributed by atoms with Crippen LogP contribution in [0.2, 0.25) is 0 Å². The number of hydrogen-bond acceptors (Lipinski definition) is 4. The van der Waals surface area contributed by atoms with Crippen LogP contribution in [0.4, 0.5) is 0 Å². The van der Waals surface area contributed by atoms with E-state index in [9.17, 15) is 4.79 Å². The minimum atomic E-state index is -0.0459. The molecule has 0 bridgehead atoms. The number of carbonyl (C=O) groups is 1. The first-order valence-electron chi connectivity index (χ1n) is 7.84. The molecule has 21 heavy (non-hydrogen) atoms. The van der Waals surface area contributed by atoms with Crippen LogP contribution in [-0.2, 0) is 9.53 Å². The number of amides is 1. The van der Waals surface area contributed by atoms with E-state index in [0.29, 0.717) is 6.04 Å². The molecule has 0 N–H and O–H groups in total. The van der Waals surface area contributed by atoms with E-state index in [4.69, 9.17) is 4.74 Å². The maximum Gasteiger partial charge on any atom is 0.239 e. The first kappa shape index (κ1) is 14.5. The van der Waals surface area contributed by atoms with E-state index in [2.05, 4.69) is 14.5 Å². The molecule has 0 radical (unpaired) electrons. The standard InChI is InChI=1S/C15H24N4O2/c1-13(17-7-9-21-10-8-17)15(20)18-5-2-3-14(11-18)19-6-4-16-12-19/h4,6,12-14H,2-3,5,7-11H2,1H3. The Balaban J connectivity index is 1.61. The van der Waals surface area contributed by atoms with Gasteiger partial charge in [0.1, 0.15) is 0 Å². The lowest BCUT2D eigenvalue weighted by atomic mass is 10.0. The number of ether oxygens (including phenoxy) is 1. The van der Waals surface area contributed by atoms with Gasteiger partial charge in [-0.15, -0.1) is 0 Å². The lowest BCUT2D eigenvalue weighted by molar-refractivity contribution is -0.139. The second-order valence-corrected chi connectivity index (χ2v) is 5.91. The molecule has 0 spiro atoms. The summed E-state index contributed by atoms with van der Waals surface area (Å²) in [4.78, 5) is 21.1. The van der Waals surface area contributed by atoms with Crippen molar-refractivity contribution in [2.45, 2.75) is 31.8 Å². The molecule has 1 amide bonds. The third-order valence-corrected chi connectivity index (χ3v) is 4.61. The van der Waals surface area contributed by atoms with Gasteiger partial charge in [-0.1, -0.05) is 0 Å². The van der Waals surface area contributed by atoms with Crippen molar-refractivity contribution in [2.75, 3.05) is 39.4 Å². The van der Waals surface area contributed by atoms with Crippen LogP contribution in [0, 0.1) is 0 Å². The number of imidazole rings is 1. The average molecular weight is 292 g/mol. The Morgan fingerprint density at radius 3 is 2.86 bits per heavy atom. The molecule has 3 heterocycles. The van der Waals surface area contributed by atoms with Crippen molar-refractivity contribution in [1.82, 2.24) is 19.4 Å². The monoisotopic (exact) mass is 292 g/mol. The van der Waals surface area contributed by atoms with E-state index in [1.807, 2.05) is 24.3 Å². The zero-order chi connectivity index (χ0) is 14.7. The summed E-state index contributed by atoms with van der Waals surface area (Å²) in [7, 11) is 0. The minimum absolute atomic E-state index is 0.0459. The van der Waals surface area contributed by atoms with Crippen LogP contribution in [0.1, 0.15) is 25.8 Å². The number of likely N-dealkylation sites (tertiary alicyclic amines) is 1. The van der Waals surface area contributed by atoms with E-state index >= 15 is 0 Å². The molecule has 2 aliphatic heterocycles. The molecular formula is C15H24N4O2. The first-order valence-corrected chi connectivity index (χ1v) is 7.84. The molecule has 2 unspecified atom stereocenters. The molecule has 1 aromatic rings. The number of rotatable bonds is 3. The normalized spacial score (nSPS) is 25.8. The van der Waals surface area contributed by atoms with E-state index in [0.717, 1.165) is 52.2 Å². The SMILES string of the molecule is CC(C(=O)N1CCCC(n2ccnc2)C1)N1CCOCC1. The second kappa shape index (κ2) is 6.58. The highest BCUT2D eigenvalue weighted by Crippen LogP contribution is 2.22. The lowest BCUT2D eigenvalue weighted by Crippen LogP contribution is -2.52. The molecule has 0 saturated carbocycles. The topological polar surface area (TPSA) is 50.6 Å². The number of carbonyl (C=O) groups excluding carboxylic acids is 1. The molecule has 116 valence electrons. The fourth-order valence-corrected chi connectivity index (χ4v) is 3.27. The van der Waals surface area contributed by atoms with Gasteiger partial charge in [-0.25, -0.2) is 4.98 Å². The molecule has 2 fully saturated rings. The van der Waals surface area contributed by atoms with Gasteiger partial charge in [0.2, 0.25) is 5.91 Å². The van der Waals surface area contributed by atoms with E-state index in [-0.39, 0.29) is 11.9 Å². The highest BCUT2D eigenvalue weighted by atomic mass is 16.5. The Labute approximate surface area is 125 Å². The first-order chi connectivity index (χ1) is 10.3. The molecular weight excluding hydrogens is 268 g/mol. The van der Waals surface area contributed by atoms with Crippen LogP contribution < -0.4 is 0 Å². The van der Waals surface area contributed by atoms with E-state index in [1.54, 1.807) is 6.20 Å². The molecule has 1 aromatic heterocycles. The summed E-state index contributed by atoms with van der Waals surface area (Å²) in [6.45, 7) is 6.86. The zero-order valence-electron chi connectivity index (χ0n) is 12.6. The third-order valence-electron chi connectivity index (χ3n) is 4.61. The number of morpholine rings is 1. The van der Waals surface area contributed by atoms with Crippen molar-refractivity contribution in [2.24, 2.45) is 0 Å². The molecule has 2 saturated heterocycles. The van der Waals surface area contributed by atoms with Crippen LogP contribution >= 0.6 is 0 Å². The van der Waals surface area contributed by atoms with Crippen LogP contribution in [0.25, 0.3) is 0 Å². The molecule has 6 nitrogen and oxygen atoms in total. The van der Waals surface area contributed by atoms with Gasteiger partial charge < -0.3 is 14.2 Å². The highest BCUT2D eigenvalue weighted by molar-refractivity contribution is 5.81. The van der Waals surface area contributed by atoms with Gasteiger partial charge in [0.15, 0.2) is 0 Å². The van der Waals surface area contributed by atoms with Gasteiger partial charge in [0.05, 0.1) is 31.6 Å². The summed E-state index contributed by atoms with van der Waals surface area (Å²) in [6, 6.07) is 0.317. The van der Waals surface area contributed by atoms with E-state index in [1.165, 1.54) is 0 Å². The third kappa shape index (κ3) is 3.27. The smallest absolute Gasteiger partial charge is 0.239 e. The van der Waals surface area contributed by atoms with Crippen molar-refractivity contribution in [3.05, 3.63) is 18.7 Å². The molecule has 6 heteroatoms. The van der Waals surface area contributed by atoms with Gasteiger partial charge >= 0.3 is 0 Å². The fraction of sp³-hybridized carbons (Fsp3) is 0.733. The Morgan fingerprint density at radius 2 is 2.14 bits per heavy atom. The summed E-state index contributed by atoms with van der Waals surface area (Å²) >= 11 is 0. The largest absolute Gasteiger partial charge is 0.379 e. The number of piperidine rings is 1. The molecule has 2 atom stereocenters. The molecule has 2 aliphatic rings. The van der Waals surface area contributed by atoms with Crippen LogP contribution in [0.5, 0.6) is 0 Å². The van der Waals surface area contributed by atoms with Crippen molar-refractivity contribution >= 4 is 5.91 Å². The number of nitrogens with zero attached hydrogens (tertiary/aromatic N) is 4. The lowest BCUT2D eigenvalue weighted by Gasteiger charge is -2.38. The summed E-state index contributed by atoms with van der Waals surface area (Å²) in [6.07, 6.45) is 7.82. The van der Waals surface area contributed by atoms with Gasteiger partial charge in [-0.3, -0.25) is 9.69 Å². The minimum Gasteiger partial charge on any atom is -0.379 e. The highest BCUT2D eigenvalue weighted by Gasteiger charge is 2.30. The molecule has 0 aromatic carbocycles. The van der Waals surface area contributed by atoms with Gasteiger partial charge in [0.25, 0.3) is 0 Å². The summed E-state index contributed by atoms with van der Waals surface area (Å²) in [5, 5.41) is 0. The number of hydrogen-bond donors (Lipinski definition) is 0. The van der Waals surface area contributed by atoms with Crippen molar-refractivity contribution in [1.29, 1.82) is 0 Å². The Bertz CT molecular complexity index is 456. The van der Waals surface area contributed by atoms with Crippen LogP contribution in [0.3, 0.4) is 0 Å². The van der Waals surface area contributed by atoms with Crippen LogP contribution in [0.15, 0.2) is 18.7 Å². The second-order valence-electron chi connectivity index (χ2n) is 5.91.